The molecule has 176 valence electrons. The number of aromatic nitrogens is 3. The van der Waals surface area contributed by atoms with Gasteiger partial charge in [0.15, 0.2) is 0 Å². The monoisotopic (exact) mass is 514 g/mol. The number of benzene rings is 1. The first kappa shape index (κ1) is 24.1. The van der Waals surface area contributed by atoms with E-state index in [0.29, 0.717) is 21.3 Å². The highest BCUT2D eigenvalue weighted by molar-refractivity contribution is 8.00. The molecule has 0 radical (unpaired) electrons. The molecule has 0 saturated heterocycles. The number of nitriles is 1. The van der Waals surface area contributed by atoms with Gasteiger partial charge in [-0.05, 0) is 75.4 Å². The zero-order valence-electron chi connectivity index (χ0n) is 18.5. The minimum atomic E-state index is -3.82. The van der Waals surface area contributed by atoms with Gasteiger partial charge in [0.1, 0.15) is 16.1 Å². The number of nitrogens with one attached hydrogen (secondary N) is 2. The molecule has 0 spiro atoms. The number of rotatable bonds is 7. The van der Waals surface area contributed by atoms with E-state index in [1.165, 1.54) is 36.0 Å². The summed E-state index contributed by atoms with van der Waals surface area (Å²) in [5, 5.41) is 20.8. The van der Waals surface area contributed by atoms with E-state index in [1.807, 2.05) is 6.07 Å². The Bertz CT molecular complexity index is 1360. The summed E-state index contributed by atoms with van der Waals surface area (Å²) in [6.07, 6.45) is 3.99. The van der Waals surface area contributed by atoms with Crippen molar-refractivity contribution in [2.45, 2.75) is 54.7 Å². The lowest BCUT2D eigenvalue weighted by molar-refractivity contribution is -0.115. The van der Waals surface area contributed by atoms with Crippen LogP contribution in [0.15, 0.2) is 40.3 Å². The number of pyridine rings is 1. The number of thioether (sulfide) groups is 1. The summed E-state index contributed by atoms with van der Waals surface area (Å²) < 4.78 is 27.4. The van der Waals surface area contributed by atoms with Crippen molar-refractivity contribution < 1.29 is 13.2 Å². The van der Waals surface area contributed by atoms with Crippen LogP contribution < -0.4 is 10.0 Å². The van der Waals surface area contributed by atoms with Crippen LogP contribution in [0.3, 0.4) is 0 Å². The Balaban J connectivity index is 1.41. The summed E-state index contributed by atoms with van der Waals surface area (Å²) in [6, 6.07) is 9.94. The van der Waals surface area contributed by atoms with Gasteiger partial charge in [0.05, 0.1) is 15.7 Å². The molecule has 2 N–H and O–H groups in total. The maximum atomic E-state index is 12.7. The summed E-state index contributed by atoms with van der Waals surface area (Å²) in [4.78, 5) is 17.4. The zero-order valence-corrected chi connectivity index (χ0v) is 21.0. The van der Waals surface area contributed by atoms with Crippen molar-refractivity contribution >= 4 is 49.8 Å². The minimum absolute atomic E-state index is 0.0395. The number of nitrogens with zero attached hydrogens (tertiary/aromatic N) is 4. The molecule has 2 aromatic heterocycles. The lowest BCUT2D eigenvalue weighted by Gasteiger charge is -2.18. The maximum absolute atomic E-state index is 12.7. The Kier molecular flexibility index (Phi) is 7.16. The second kappa shape index (κ2) is 10.1. The standard InChI is InChI=1S/C22H22N6O3S3/c1-13(32-21-16(12-23)11-15-5-3-4-6-19(15)25-21)20(29)24-17-7-9-18(10-8-17)34(30,31)28-22-27-26-14(2)33-22/h7-11,13H,3-6H2,1-2H3,(H,24,29)(H,27,28). The highest BCUT2D eigenvalue weighted by Gasteiger charge is 2.21. The van der Waals surface area contributed by atoms with Crippen molar-refractivity contribution in [3.05, 3.63) is 52.2 Å². The third-order valence-corrected chi connectivity index (χ3v) is 8.56. The van der Waals surface area contributed by atoms with Gasteiger partial charge in [-0.2, -0.15) is 5.26 Å². The predicted molar refractivity (Wildman–Crippen MR) is 131 cm³/mol. The Hall–Kier alpha value is -3.01. The molecule has 1 aliphatic rings. The topological polar surface area (TPSA) is 138 Å². The molecule has 0 bridgehead atoms. The largest absolute Gasteiger partial charge is 0.325 e. The van der Waals surface area contributed by atoms with Crippen LogP contribution in [0, 0.1) is 18.3 Å². The highest BCUT2D eigenvalue weighted by Crippen LogP contribution is 2.30. The number of fused-ring (bicyclic) bond motifs is 1. The molecule has 1 aliphatic carbocycles. The van der Waals surface area contributed by atoms with E-state index in [4.69, 9.17) is 0 Å². The van der Waals surface area contributed by atoms with Crippen LogP contribution in [0.25, 0.3) is 0 Å². The van der Waals surface area contributed by atoms with Crippen LogP contribution in [-0.2, 0) is 27.7 Å². The van der Waals surface area contributed by atoms with Gasteiger partial charge in [-0.15, -0.1) is 10.2 Å². The van der Waals surface area contributed by atoms with E-state index in [2.05, 4.69) is 31.3 Å². The number of carbonyl (C=O) groups is 1. The van der Waals surface area contributed by atoms with Crippen LogP contribution in [0.1, 0.15) is 41.6 Å². The quantitative estimate of drug-likeness (QED) is 0.453. The van der Waals surface area contributed by atoms with Gasteiger partial charge >= 0.3 is 0 Å². The highest BCUT2D eigenvalue weighted by atomic mass is 32.2. The fraction of sp³-hybridized carbons (Fsp3) is 0.318. The molecule has 1 atom stereocenters. The summed E-state index contributed by atoms with van der Waals surface area (Å²) >= 11 is 2.38. The molecule has 1 aromatic carbocycles. The number of aryl methyl sites for hydroxylation is 3. The average Bonchev–Trinajstić information content (AvgIpc) is 3.22. The first-order valence-corrected chi connectivity index (χ1v) is 13.8. The van der Waals surface area contributed by atoms with E-state index >= 15 is 0 Å². The summed E-state index contributed by atoms with van der Waals surface area (Å²) in [6.45, 7) is 3.48. The fourth-order valence-electron chi connectivity index (χ4n) is 3.48. The molecule has 1 amide bonds. The maximum Gasteiger partial charge on any atom is 0.263 e. The Labute approximate surface area is 206 Å². The third-order valence-electron chi connectivity index (χ3n) is 5.22. The first-order chi connectivity index (χ1) is 16.2. The molecule has 12 heteroatoms. The van der Waals surface area contributed by atoms with Crippen molar-refractivity contribution in [2.75, 3.05) is 10.0 Å². The van der Waals surface area contributed by atoms with Gasteiger partial charge in [0.25, 0.3) is 10.0 Å². The molecule has 0 saturated carbocycles. The number of carbonyl (C=O) groups excluding carboxylic acids is 1. The molecule has 2 heterocycles. The van der Waals surface area contributed by atoms with E-state index in [1.54, 1.807) is 13.8 Å². The Morgan fingerprint density at radius 2 is 1.94 bits per heavy atom. The van der Waals surface area contributed by atoms with Crippen molar-refractivity contribution in [1.29, 1.82) is 5.26 Å². The van der Waals surface area contributed by atoms with Crippen molar-refractivity contribution in [1.82, 2.24) is 15.2 Å². The van der Waals surface area contributed by atoms with Crippen molar-refractivity contribution in [3.63, 3.8) is 0 Å². The molecule has 34 heavy (non-hydrogen) atoms. The molecule has 0 aliphatic heterocycles. The summed E-state index contributed by atoms with van der Waals surface area (Å²) in [5.41, 5.74) is 3.07. The Morgan fingerprint density at radius 1 is 1.21 bits per heavy atom. The van der Waals surface area contributed by atoms with E-state index in [-0.39, 0.29) is 15.9 Å². The molecular weight excluding hydrogens is 492 g/mol. The van der Waals surface area contributed by atoms with Crippen LogP contribution in [0.2, 0.25) is 0 Å². The summed E-state index contributed by atoms with van der Waals surface area (Å²) in [5.74, 6) is -0.272. The van der Waals surface area contributed by atoms with Gasteiger partial charge in [-0.25, -0.2) is 13.4 Å². The second-order valence-electron chi connectivity index (χ2n) is 7.77. The lowest BCUT2D eigenvalue weighted by atomic mass is 9.95. The number of hydrogen-bond donors (Lipinski definition) is 2. The van der Waals surface area contributed by atoms with Gasteiger partial charge < -0.3 is 5.32 Å². The minimum Gasteiger partial charge on any atom is -0.325 e. The molecule has 0 fully saturated rings. The van der Waals surface area contributed by atoms with Crippen LogP contribution >= 0.6 is 23.1 Å². The molecule has 3 aromatic rings. The SMILES string of the molecule is Cc1nnc(NS(=O)(=O)c2ccc(NC(=O)C(C)Sc3nc4c(cc3C#N)CCCC4)cc2)s1. The summed E-state index contributed by atoms with van der Waals surface area (Å²) in [7, 11) is -3.82. The fourth-order valence-corrected chi connectivity index (χ4v) is 6.20. The van der Waals surface area contributed by atoms with Gasteiger partial charge in [-0.3, -0.25) is 9.52 Å². The van der Waals surface area contributed by atoms with Crippen LogP contribution in [0.5, 0.6) is 0 Å². The molecule has 1 unspecified atom stereocenters. The van der Waals surface area contributed by atoms with E-state index < -0.39 is 15.3 Å². The number of anilines is 2. The van der Waals surface area contributed by atoms with Crippen molar-refractivity contribution in [3.8, 4) is 6.07 Å². The predicted octanol–water partition coefficient (Wildman–Crippen LogP) is 3.91. The zero-order chi connectivity index (χ0) is 24.3. The third kappa shape index (κ3) is 5.55. The number of hydrogen-bond acceptors (Lipinski definition) is 9. The van der Waals surface area contributed by atoms with Crippen LogP contribution in [0.4, 0.5) is 10.8 Å². The number of sulfonamides is 1. The lowest BCUT2D eigenvalue weighted by Crippen LogP contribution is -2.23. The smallest absolute Gasteiger partial charge is 0.263 e. The molecule has 4 rings (SSSR count). The van der Waals surface area contributed by atoms with Gasteiger partial charge in [-0.1, -0.05) is 23.1 Å². The van der Waals surface area contributed by atoms with Gasteiger partial charge in [0.2, 0.25) is 11.0 Å². The first-order valence-electron chi connectivity index (χ1n) is 10.6. The van der Waals surface area contributed by atoms with E-state index in [9.17, 15) is 18.5 Å². The number of amides is 1. The van der Waals surface area contributed by atoms with E-state index in [0.717, 1.165) is 48.3 Å². The molecular formula is C22H22N6O3S3. The molecule has 9 nitrogen and oxygen atoms in total. The normalized spacial score (nSPS) is 14.0. The van der Waals surface area contributed by atoms with Gasteiger partial charge in [0, 0.05) is 11.4 Å². The Morgan fingerprint density at radius 3 is 2.62 bits per heavy atom. The second-order valence-corrected chi connectivity index (χ2v) is 12.0. The van der Waals surface area contributed by atoms with Crippen molar-refractivity contribution in [2.24, 2.45) is 0 Å². The average molecular weight is 515 g/mol. The van der Waals surface area contributed by atoms with Crippen LogP contribution in [-0.4, -0.2) is 34.8 Å².